The van der Waals surface area contributed by atoms with Gasteiger partial charge in [-0.3, -0.25) is 10.1 Å². The summed E-state index contributed by atoms with van der Waals surface area (Å²) in [4.78, 5) is 10.4. The molecule has 21 heavy (non-hydrogen) atoms. The van der Waals surface area contributed by atoms with Gasteiger partial charge >= 0.3 is 0 Å². The highest BCUT2D eigenvalue weighted by Gasteiger charge is 2.20. The molecule has 0 amide bonds. The van der Waals surface area contributed by atoms with Gasteiger partial charge in [0.05, 0.1) is 27.0 Å². The number of hydrogen-bond acceptors (Lipinski definition) is 5. The number of nitro groups is 1. The lowest BCUT2D eigenvalue weighted by Gasteiger charge is -2.01. The van der Waals surface area contributed by atoms with Gasteiger partial charge < -0.3 is 5.32 Å². The Morgan fingerprint density at radius 2 is 2.29 bits per heavy atom. The van der Waals surface area contributed by atoms with E-state index in [0.717, 1.165) is 23.8 Å². The van der Waals surface area contributed by atoms with E-state index >= 15 is 0 Å². The zero-order chi connectivity index (χ0) is 14.8. The first kappa shape index (κ1) is 14.2. The minimum absolute atomic E-state index is 0.0326. The molecule has 110 valence electrons. The summed E-state index contributed by atoms with van der Waals surface area (Å²) in [7, 11) is 0. The fourth-order valence-electron chi connectivity index (χ4n) is 2.02. The Hall–Kier alpha value is -1.80. The lowest BCUT2D eigenvalue weighted by molar-refractivity contribution is -0.385. The lowest BCUT2D eigenvalue weighted by atomic mass is 10.3. The van der Waals surface area contributed by atoms with Crippen molar-refractivity contribution >= 4 is 21.6 Å². The highest BCUT2D eigenvalue weighted by Crippen LogP contribution is 2.28. The number of aromatic nitrogens is 3. The Labute approximate surface area is 129 Å². The average Bonchev–Trinajstić information content (AvgIpc) is 3.14. The maximum Gasteiger partial charge on any atom is 0.283 e. The van der Waals surface area contributed by atoms with Gasteiger partial charge in [0.15, 0.2) is 0 Å². The van der Waals surface area contributed by atoms with Crippen LogP contribution in [0.25, 0.3) is 5.69 Å². The maximum atomic E-state index is 10.8. The van der Waals surface area contributed by atoms with Crippen LogP contribution in [0.15, 0.2) is 28.9 Å². The predicted molar refractivity (Wildman–Crippen MR) is 80.1 cm³/mol. The van der Waals surface area contributed by atoms with Crippen LogP contribution in [0.2, 0.25) is 0 Å². The van der Waals surface area contributed by atoms with E-state index in [4.69, 9.17) is 0 Å². The quantitative estimate of drug-likeness (QED) is 0.638. The second-order valence-electron chi connectivity index (χ2n) is 5.12. The molecule has 1 heterocycles. The summed E-state index contributed by atoms with van der Waals surface area (Å²) in [6, 6.07) is 4.76. The number of nitro benzene ring substituents is 1. The van der Waals surface area contributed by atoms with Crippen LogP contribution in [0.3, 0.4) is 0 Å². The van der Waals surface area contributed by atoms with E-state index in [1.165, 1.54) is 18.9 Å². The van der Waals surface area contributed by atoms with Crippen molar-refractivity contribution in [2.75, 3.05) is 6.54 Å². The molecule has 1 aliphatic rings. The van der Waals surface area contributed by atoms with Gasteiger partial charge in [-0.1, -0.05) is 5.21 Å². The molecule has 0 unspecified atom stereocenters. The molecule has 1 fully saturated rings. The van der Waals surface area contributed by atoms with E-state index in [2.05, 4.69) is 31.6 Å². The molecule has 0 aliphatic heterocycles. The summed E-state index contributed by atoms with van der Waals surface area (Å²) in [6.45, 7) is 1.71. The third-order valence-corrected chi connectivity index (χ3v) is 4.00. The van der Waals surface area contributed by atoms with Crippen molar-refractivity contribution < 1.29 is 4.92 Å². The molecule has 1 aliphatic carbocycles. The van der Waals surface area contributed by atoms with Crippen LogP contribution in [-0.4, -0.2) is 26.5 Å². The van der Waals surface area contributed by atoms with E-state index in [1.807, 2.05) is 6.20 Å². The Bertz CT molecular complexity index is 668. The molecule has 8 heteroatoms. The van der Waals surface area contributed by atoms with E-state index < -0.39 is 4.92 Å². The Morgan fingerprint density at radius 3 is 2.95 bits per heavy atom. The smallest absolute Gasteiger partial charge is 0.283 e. The normalized spacial score (nSPS) is 14.3. The highest BCUT2D eigenvalue weighted by atomic mass is 79.9. The van der Waals surface area contributed by atoms with Crippen molar-refractivity contribution in [3.05, 3.63) is 44.7 Å². The topological polar surface area (TPSA) is 85.9 Å². The third-order valence-electron chi connectivity index (χ3n) is 3.37. The first-order chi connectivity index (χ1) is 10.1. The lowest BCUT2D eigenvalue weighted by Crippen LogP contribution is -2.16. The number of nitrogens with one attached hydrogen (secondary N) is 1. The molecule has 0 radical (unpaired) electrons. The van der Waals surface area contributed by atoms with Crippen molar-refractivity contribution in [1.82, 2.24) is 20.3 Å². The van der Waals surface area contributed by atoms with Gasteiger partial charge in [0.2, 0.25) is 0 Å². The van der Waals surface area contributed by atoms with Crippen molar-refractivity contribution in [3.8, 4) is 5.69 Å². The van der Waals surface area contributed by atoms with Gasteiger partial charge in [-0.2, -0.15) is 0 Å². The molecule has 0 saturated heterocycles. The van der Waals surface area contributed by atoms with Gasteiger partial charge in [-0.05, 0) is 53.4 Å². The Balaban J connectivity index is 1.69. The number of rotatable bonds is 6. The standard InChI is InChI=1S/C13H14BrN5O2/c14-12-5-11(3-4-13(12)19(20)21)18-8-10(16-17-18)7-15-6-9-1-2-9/h3-5,8-9,15H,1-2,6-7H2. The van der Waals surface area contributed by atoms with E-state index in [0.29, 0.717) is 11.0 Å². The third kappa shape index (κ3) is 3.45. The second-order valence-corrected chi connectivity index (χ2v) is 5.98. The van der Waals surface area contributed by atoms with Crippen LogP contribution in [0.1, 0.15) is 18.5 Å². The molecule has 7 nitrogen and oxygen atoms in total. The highest BCUT2D eigenvalue weighted by molar-refractivity contribution is 9.10. The van der Waals surface area contributed by atoms with Crippen LogP contribution in [0.4, 0.5) is 5.69 Å². The molecule has 3 rings (SSSR count). The zero-order valence-corrected chi connectivity index (χ0v) is 12.8. The summed E-state index contributed by atoms with van der Waals surface area (Å²) in [5.41, 5.74) is 1.61. The average molecular weight is 352 g/mol. The molecular weight excluding hydrogens is 338 g/mol. The molecule has 1 aromatic carbocycles. The minimum atomic E-state index is -0.428. The Morgan fingerprint density at radius 1 is 1.48 bits per heavy atom. The van der Waals surface area contributed by atoms with E-state index in [1.54, 1.807) is 16.8 Å². The molecule has 0 atom stereocenters. The van der Waals surface area contributed by atoms with Crippen molar-refractivity contribution in [3.63, 3.8) is 0 Å². The summed E-state index contributed by atoms with van der Waals surface area (Å²) in [5.74, 6) is 0.825. The van der Waals surface area contributed by atoms with Crippen LogP contribution < -0.4 is 5.32 Å². The molecular formula is C13H14BrN5O2. The number of hydrogen-bond donors (Lipinski definition) is 1. The SMILES string of the molecule is O=[N+]([O-])c1ccc(-n2cc(CNCC3CC3)nn2)cc1Br. The summed E-state index contributed by atoms with van der Waals surface area (Å²) >= 11 is 3.20. The maximum absolute atomic E-state index is 10.8. The monoisotopic (exact) mass is 351 g/mol. The fourth-order valence-corrected chi connectivity index (χ4v) is 2.53. The van der Waals surface area contributed by atoms with E-state index in [9.17, 15) is 10.1 Å². The first-order valence-corrected chi connectivity index (χ1v) is 7.49. The molecule has 0 bridgehead atoms. The van der Waals surface area contributed by atoms with Crippen LogP contribution >= 0.6 is 15.9 Å². The number of benzene rings is 1. The largest absolute Gasteiger partial charge is 0.311 e. The van der Waals surface area contributed by atoms with Crippen molar-refractivity contribution in [2.45, 2.75) is 19.4 Å². The van der Waals surface area contributed by atoms with Gasteiger partial charge in [-0.15, -0.1) is 5.10 Å². The molecule has 2 aromatic rings. The van der Waals surface area contributed by atoms with Gasteiger partial charge in [-0.25, -0.2) is 4.68 Å². The van der Waals surface area contributed by atoms with Gasteiger partial charge in [0, 0.05) is 12.6 Å². The predicted octanol–water partition coefficient (Wildman–Crippen LogP) is 2.44. The number of halogens is 1. The van der Waals surface area contributed by atoms with Crippen LogP contribution in [0.5, 0.6) is 0 Å². The van der Waals surface area contributed by atoms with Gasteiger partial charge in [0.1, 0.15) is 0 Å². The van der Waals surface area contributed by atoms with Crippen molar-refractivity contribution in [2.24, 2.45) is 5.92 Å². The zero-order valence-electron chi connectivity index (χ0n) is 11.2. The first-order valence-electron chi connectivity index (χ1n) is 6.70. The minimum Gasteiger partial charge on any atom is -0.311 e. The van der Waals surface area contributed by atoms with Crippen LogP contribution in [0, 0.1) is 16.0 Å². The summed E-state index contributed by atoms with van der Waals surface area (Å²) in [6.07, 6.45) is 4.46. The summed E-state index contributed by atoms with van der Waals surface area (Å²) < 4.78 is 2.04. The molecule has 1 N–H and O–H groups in total. The Kier molecular flexibility index (Phi) is 3.98. The van der Waals surface area contributed by atoms with Gasteiger partial charge in [0.25, 0.3) is 5.69 Å². The molecule has 1 aromatic heterocycles. The second kappa shape index (κ2) is 5.90. The molecule has 0 spiro atoms. The fraction of sp³-hybridized carbons (Fsp3) is 0.385. The number of nitrogens with zero attached hydrogens (tertiary/aromatic N) is 4. The van der Waals surface area contributed by atoms with E-state index in [-0.39, 0.29) is 5.69 Å². The van der Waals surface area contributed by atoms with Crippen LogP contribution in [-0.2, 0) is 6.54 Å². The van der Waals surface area contributed by atoms with Crippen molar-refractivity contribution in [1.29, 1.82) is 0 Å². The summed E-state index contributed by atoms with van der Waals surface area (Å²) in [5, 5.41) is 22.3. The molecule has 1 saturated carbocycles.